The Morgan fingerprint density at radius 2 is 2.11 bits per heavy atom. The van der Waals surface area contributed by atoms with E-state index in [1.807, 2.05) is 0 Å². The fraction of sp³-hybridized carbons (Fsp3) is 0.714. The molecule has 1 aromatic rings. The summed E-state index contributed by atoms with van der Waals surface area (Å²) in [6, 6.07) is -0.0385. The standard InChI is InChI=1S/C14H21N3OS/c18-13(11-7-2-1-5-9-15-11)17-14-16-10-6-3-4-8-12(10)19-14/h11,15H,1-9H2,(H,16,17,18). The first-order chi connectivity index (χ1) is 9.33. The zero-order valence-electron chi connectivity index (χ0n) is 11.2. The lowest BCUT2D eigenvalue weighted by Gasteiger charge is -2.14. The molecule has 3 rings (SSSR count). The van der Waals surface area contributed by atoms with E-state index in [4.69, 9.17) is 0 Å². The van der Waals surface area contributed by atoms with Crippen LogP contribution >= 0.6 is 11.3 Å². The summed E-state index contributed by atoms with van der Waals surface area (Å²) in [6.45, 7) is 0.951. The van der Waals surface area contributed by atoms with Gasteiger partial charge in [-0.05, 0) is 45.1 Å². The molecule has 0 saturated carbocycles. The highest BCUT2D eigenvalue weighted by Gasteiger charge is 2.22. The third-order valence-electron chi connectivity index (χ3n) is 3.95. The summed E-state index contributed by atoms with van der Waals surface area (Å²) < 4.78 is 0. The maximum absolute atomic E-state index is 12.2. The van der Waals surface area contributed by atoms with Gasteiger partial charge < -0.3 is 10.6 Å². The Balaban J connectivity index is 1.63. The number of amides is 1. The van der Waals surface area contributed by atoms with Crippen LogP contribution < -0.4 is 10.6 Å². The number of anilines is 1. The molecule has 1 unspecified atom stereocenters. The number of hydrogen-bond acceptors (Lipinski definition) is 4. The fourth-order valence-corrected chi connectivity index (χ4v) is 3.90. The average molecular weight is 279 g/mol. The number of hydrogen-bond donors (Lipinski definition) is 2. The van der Waals surface area contributed by atoms with Crippen LogP contribution in [0.25, 0.3) is 0 Å². The lowest BCUT2D eigenvalue weighted by molar-refractivity contribution is -0.118. The van der Waals surface area contributed by atoms with Crippen molar-refractivity contribution < 1.29 is 4.79 Å². The van der Waals surface area contributed by atoms with Crippen LogP contribution in [0, 0.1) is 0 Å². The van der Waals surface area contributed by atoms with Crippen molar-refractivity contribution in [3.05, 3.63) is 10.6 Å². The molecular formula is C14H21N3OS. The lowest BCUT2D eigenvalue weighted by Crippen LogP contribution is -2.39. The normalized spacial score (nSPS) is 23.5. The minimum absolute atomic E-state index is 0.0385. The molecule has 4 nitrogen and oxygen atoms in total. The Labute approximate surface area is 118 Å². The molecule has 5 heteroatoms. The Morgan fingerprint density at radius 3 is 3.00 bits per heavy atom. The maximum Gasteiger partial charge on any atom is 0.243 e. The van der Waals surface area contributed by atoms with Gasteiger partial charge in [-0.2, -0.15) is 0 Å². The molecule has 0 bridgehead atoms. The SMILES string of the molecule is O=C(Nc1nc2c(s1)CCCC2)C1CCCCCN1. The summed E-state index contributed by atoms with van der Waals surface area (Å²) in [5.41, 5.74) is 1.21. The number of rotatable bonds is 2. The van der Waals surface area contributed by atoms with Crippen LogP contribution in [0.5, 0.6) is 0 Å². The van der Waals surface area contributed by atoms with Gasteiger partial charge in [-0.15, -0.1) is 11.3 Å². The number of nitrogens with one attached hydrogen (secondary N) is 2. The summed E-state index contributed by atoms with van der Waals surface area (Å²) >= 11 is 1.66. The van der Waals surface area contributed by atoms with E-state index in [0.29, 0.717) is 0 Å². The minimum Gasteiger partial charge on any atom is -0.306 e. The van der Waals surface area contributed by atoms with Crippen molar-refractivity contribution in [1.82, 2.24) is 10.3 Å². The van der Waals surface area contributed by atoms with Crippen LogP contribution in [0.2, 0.25) is 0 Å². The van der Waals surface area contributed by atoms with Gasteiger partial charge in [-0.3, -0.25) is 4.79 Å². The maximum atomic E-state index is 12.2. The number of aryl methyl sites for hydroxylation is 2. The van der Waals surface area contributed by atoms with E-state index in [9.17, 15) is 4.79 Å². The van der Waals surface area contributed by atoms with Gasteiger partial charge in [0, 0.05) is 4.88 Å². The molecule has 19 heavy (non-hydrogen) atoms. The smallest absolute Gasteiger partial charge is 0.243 e. The molecule has 1 aromatic heterocycles. The molecule has 0 aromatic carbocycles. The van der Waals surface area contributed by atoms with E-state index >= 15 is 0 Å². The first kappa shape index (κ1) is 13.1. The summed E-state index contributed by atoms with van der Waals surface area (Å²) in [5, 5.41) is 7.13. The molecule has 1 fully saturated rings. The Bertz CT molecular complexity index is 426. The predicted octanol–water partition coefficient (Wildman–Crippen LogP) is 2.49. The van der Waals surface area contributed by atoms with Crippen molar-refractivity contribution in [2.45, 2.75) is 57.4 Å². The second-order valence-corrected chi connectivity index (χ2v) is 6.52. The molecule has 1 aliphatic heterocycles. The lowest BCUT2D eigenvalue weighted by atomic mass is 10.0. The molecule has 0 radical (unpaired) electrons. The topological polar surface area (TPSA) is 54.0 Å². The summed E-state index contributed by atoms with van der Waals surface area (Å²) in [7, 11) is 0. The first-order valence-corrected chi connectivity index (χ1v) is 8.17. The Morgan fingerprint density at radius 1 is 1.21 bits per heavy atom. The van der Waals surface area contributed by atoms with Crippen molar-refractivity contribution in [2.75, 3.05) is 11.9 Å². The average Bonchev–Trinajstić information content (AvgIpc) is 2.63. The van der Waals surface area contributed by atoms with E-state index in [1.54, 1.807) is 11.3 Å². The number of aromatic nitrogens is 1. The number of carbonyl (C=O) groups is 1. The van der Waals surface area contributed by atoms with Gasteiger partial charge in [-0.1, -0.05) is 12.8 Å². The van der Waals surface area contributed by atoms with Crippen LogP contribution in [-0.2, 0) is 17.6 Å². The summed E-state index contributed by atoms with van der Waals surface area (Å²) in [5.74, 6) is 0.0907. The molecule has 1 atom stereocenters. The number of nitrogens with zero attached hydrogens (tertiary/aromatic N) is 1. The monoisotopic (exact) mass is 279 g/mol. The molecule has 1 saturated heterocycles. The van der Waals surface area contributed by atoms with Gasteiger partial charge >= 0.3 is 0 Å². The highest BCUT2D eigenvalue weighted by Crippen LogP contribution is 2.29. The fourth-order valence-electron chi connectivity index (χ4n) is 2.85. The zero-order valence-corrected chi connectivity index (χ0v) is 12.0. The third kappa shape index (κ3) is 3.15. The van der Waals surface area contributed by atoms with E-state index in [0.717, 1.165) is 37.4 Å². The third-order valence-corrected chi connectivity index (χ3v) is 5.03. The molecular weight excluding hydrogens is 258 g/mol. The number of fused-ring (bicyclic) bond motifs is 1. The van der Waals surface area contributed by atoms with Crippen LogP contribution in [-0.4, -0.2) is 23.5 Å². The first-order valence-electron chi connectivity index (χ1n) is 7.36. The molecule has 2 aliphatic rings. The molecule has 1 amide bonds. The van der Waals surface area contributed by atoms with Crippen molar-refractivity contribution in [3.8, 4) is 0 Å². The van der Waals surface area contributed by atoms with Crippen LogP contribution in [0.4, 0.5) is 5.13 Å². The van der Waals surface area contributed by atoms with Gasteiger partial charge in [0.2, 0.25) is 5.91 Å². The van der Waals surface area contributed by atoms with Gasteiger partial charge in [0.1, 0.15) is 0 Å². The molecule has 1 aliphatic carbocycles. The molecule has 104 valence electrons. The van der Waals surface area contributed by atoms with Crippen molar-refractivity contribution in [3.63, 3.8) is 0 Å². The van der Waals surface area contributed by atoms with Crippen molar-refractivity contribution in [1.29, 1.82) is 0 Å². The quantitative estimate of drug-likeness (QED) is 0.874. The van der Waals surface area contributed by atoms with E-state index in [2.05, 4.69) is 15.6 Å². The van der Waals surface area contributed by atoms with E-state index in [-0.39, 0.29) is 11.9 Å². The van der Waals surface area contributed by atoms with E-state index in [1.165, 1.54) is 36.3 Å². The number of thiazole rings is 1. The largest absolute Gasteiger partial charge is 0.306 e. The van der Waals surface area contributed by atoms with Gasteiger partial charge in [0.25, 0.3) is 0 Å². The summed E-state index contributed by atoms with van der Waals surface area (Å²) in [4.78, 5) is 18.2. The Hall–Kier alpha value is -0.940. The van der Waals surface area contributed by atoms with Crippen molar-refractivity contribution in [2.24, 2.45) is 0 Å². The Kier molecular flexibility index (Phi) is 4.13. The molecule has 0 spiro atoms. The van der Waals surface area contributed by atoms with Crippen LogP contribution in [0.15, 0.2) is 0 Å². The second kappa shape index (κ2) is 6.01. The highest BCUT2D eigenvalue weighted by molar-refractivity contribution is 7.15. The van der Waals surface area contributed by atoms with Crippen LogP contribution in [0.3, 0.4) is 0 Å². The molecule has 2 heterocycles. The zero-order chi connectivity index (χ0) is 13.1. The van der Waals surface area contributed by atoms with Gasteiger partial charge in [0.05, 0.1) is 11.7 Å². The second-order valence-electron chi connectivity index (χ2n) is 5.44. The van der Waals surface area contributed by atoms with Crippen molar-refractivity contribution >= 4 is 22.4 Å². The van der Waals surface area contributed by atoms with Crippen LogP contribution in [0.1, 0.15) is 49.1 Å². The highest BCUT2D eigenvalue weighted by atomic mass is 32.1. The molecule has 2 N–H and O–H groups in total. The van der Waals surface area contributed by atoms with E-state index < -0.39 is 0 Å². The number of carbonyl (C=O) groups excluding carboxylic acids is 1. The minimum atomic E-state index is -0.0385. The van der Waals surface area contributed by atoms with Gasteiger partial charge in [0.15, 0.2) is 5.13 Å². The van der Waals surface area contributed by atoms with Gasteiger partial charge in [-0.25, -0.2) is 4.98 Å². The summed E-state index contributed by atoms with van der Waals surface area (Å²) in [6.07, 6.45) is 9.17. The predicted molar refractivity (Wildman–Crippen MR) is 77.6 cm³/mol.